The summed E-state index contributed by atoms with van der Waals surface area (Å²) in [5, 5.41) is 9.83. The van der Waals surface area contributed by atoms with E-state index in [-0.39, 0.29) is 49.0 Å². The molecule has 2 aromatic rings. The summed E-state index contributed by atoms with van der Waals surface area (Å²) in [4.78, 5) is 17.8. The second-order valence-corrected chi connectivity index (χ2v) is 8.20. The second-order valence-electron chi connectivity index (χ2n) is 8.20. The van der Waals surface area contributed by atoms with Crippen LogP contribution in [0.5, 0.6) is 0 Å². The molecule has 8 heteroatoms. The van der Waals surface area contributed by atoms with Crippen LogP contribution in [-0.4, -0.2) is 65.8 Å². The number of rotatable bonds is 5. The number of hydrogen-bond acceptors (Lipinski definition) is 5. The number of ether oxygens (including phenoxy) is 1. The molecule has 2 aliphatic rings. The monoisotopic (exact) mass is 481 g/mol. The highest BCUT2D eigenvalue weighted by Crippen LogP contribution is 2.32. The smallest absolute Gasteiger partial charge is 0.254 e. The first kappa shape index (κ1) is 26.6. The first-order valence-electron chi connectivity index (χ1n) is 10.8. The quantitative estimate of drug-likeness (QED) is 0.685. The van der Waals surface area contributed by atoms with Crippen molar-refractivity contribution < 1.29 is 14.6 Å². The Bertz CT molecular complexity index is 847. The summed E-state index contributed by atoms with van der Waals surface area (Å²) in [6, 6.07) is 17.6. The number of aliphatic hydroxyl groups excluding tert-OH is 1. The number of nitrogens with two attached hydrogens (primary N) is 1. The zero-order valence-corrected chi connectivity index (χ0v) is 19.8. The zero-order chi connectivity index (χ0) is 20.9. The molecule has 0 aromatic heterocycles. The van der Waals surface area contributed by atoms with Crippen molar-refractivity contribution in [1.29, 1.82) is 0 Å². The SMILES string of the molecule is Cl.Cl.NCc1cccc(C(=O)N2CCO[C@@H](CN3CCC(O)CC3)[C@@H]2c2ccccc2)c1. The molecule has 0 aliphatic carbocycles. The van der Waals surface area contributed by atoms with Crippen LogP contribution in [0.1, 0.15) is 40.4 Å². The topological polar surface area (TPSA) is 79.0 Å². The molecule has 1 amide bonds. The van der Waals surface area contributed by atoms with Crippen LogP contribution in [0.4, 0.5) is 0 Å². The number of halogens is 2. The van der Waals surface area contributed by atoms with E-state index < -0.39 is 0 Å². The molecule has 2 fully saturated rings. The molecule has 0 radical (unpaired) electrons. The molecule has 6 nitrogen and oxygen atoms in total. The van der Waals surface area contributed by atoms with Crippen molar-refractivity contribution in [3.63, 3.8) is 0 Å². The second kappa shape index (κ2) is 12.5. The normalized spacial score (nSPS) is 22.0. The first-order valence-corrected chi connectivity index (χ1v) is 10.8. The van der Waals surface area contributed by atoms with Crippen molar-refractivity contribution in [2.45, 2.75) is 37.6 Å². The maximum absolute atomic E-state index is 13.5. The Hall–Kier alpha value is -1.67. The Kier molecular flexibility index (Phi) is 10.4. The van der Waals surface area contributed by atoms with Gasteiger partial charge in [0, 0.05) is 38.3 Å². The summed E-state index contributed by atoms with van der Waals surface area (Å²) >= 11 is 0. The number of carbonyl (C=O) groups excluding carboxylic acids is 1. The summed E-state index contributed by atoms with van der Waals surface area (Å²) in [7, 11) is 0. The van der Waals surface area contributed by atoms with Crippen molar-refractivity contribution >= 4 is 30.7 Å². The molecule has 2 heterocycles. The Morgan fingerprint density at radius 3 is 2.44 bits per heavy atom. The Labute approximate surface area is 202 Å². The molecule has 0 unspecified atom stereocenters. The van der Waals surface area contributed by atoms with Gasteiger partial charge in [-0.15, -0.1) is 24.8 Å². The van der Waals surface area contributed by atoms with Gasteiger partial charge in [-0.05, 0) is 36.1 Å². The van der Waals surface area contributed by atoms with Crippen LogP contribution in [0.25, 0.3) is 0 Å². The van der Waals surface area contributed by atoms with Gasteiger partial charge in [0.05, 0.1) is 24.9 Å². The summed E-state index contributed by atoms with van der Waals surface area (Å²) in [6.45, 7) is 3.95. The fourth-order valence-corrected chi connectivity index (χ4v) is 4.51. The molecule has 0 spiro atoms. The number of carbonyl (C=O) groups is 1. The number of piperidine rings is 1. The van der Waals surface area contributed by atoms with Gasteiger partial charge >= 0.3 is 0 Å². The largest absolute Gasteiger partial charge is 0.393 e. The highest BCUT2D eigenvalue weighted by atomic mass is 35.5. The summed E-state index contributed by atoms with van der Waals surface area (Å²) in [5.41, 5.74) is 8.49. The molecule has 4 rings (SSSR count). The van der Waals surface area contributed by atoms with Gasteiger partial charge < -0.3 is 25.4 Å². The predicted octanol–water partition coefficient (Wildman–Crippen LogP) is 3.03. The van der Waals surface area contributed by atoms with Gasteiger partial charge in [0.1, 0.15) is 0 Å². The number of hydrogen-bond donors (Lipinski definition) is 2. The van der Waals surface area contributed by atoms with Crippen molar-refractivity contribution in [3.05, 3.63) is 71.3 Å². The van der Waals surface area contributed by atoms with Gasteiger partial charge in [-0.1, -0.05) is 42.5 Å². The van der Waals surface area contributed by atoms with Gasteiger partial charge in [0.25, 0.3) is 5.91 Å². The van der Waals surface area contributed by atoms with E-state index >= 15 is 0 Å². The van der Waals surface area contributed by atoms with Crippen LogP contribution < -0.4 is 5.73 Å². The van der Waals surface area contributed by atoms with Crippen molar-refractivity contribution in [1.82, 2.24) is 9.80 Å². The number of benzene rings is 2. The van der Waals surface area contributed by atoms with Crippen LogP contribution in [0.3, 0.4) is 0 Å². The molecule has 2 saturated heterocycles. The molecule has 0 bridgehead atoms. The van der Waals surface area contributed by atoms with Gasteiger partial charge in [-0.2, -0.15) is 0 Å². The van der Waals surface area contributed by atoms with Gasteiger partial charge in [-0.3, -0.25) is 4.79 Å². The summed E-state index contributed by atoms with van der Waals surface area (Å²) < 4.78 is 6.22. The average Bonchev–Trinajstić information content (AvgIpc) is 2.80. The third-order valence-electron chi connectivity index (χ3n) is 6.16. The van der Waals surface area contributed by atoms with Crippen molar-refractivity contribution in [3.8, 4) is 0 Å². The van der Waals surface area contributed by atoms with E-state index in [9.17, 15) is 9.90 Å². The zero-order valence-electron chi connectivity index (χ0n) is 18.1. The molecular formula is C24H33Cl2N3O3. The van der Waals surface area contributed by atoms with E-state index in [1.165, 1.54) is 0 Å². The van der Waals surface area contributed by atoms with Gasteiger partial charge in [0.2, 0.25) is 0 Å². The molecule has 2 aromatic carbocycles. The Morgan fingerprint density at radius 2 is 1.75 bits per heavy atom. The summed E-state index contributed by atoms with van der Waals surface area (Å²) in [6.07, 6.45) is 1.26. The standard InChI is InChI=1S/C24H31N3O3.2ClH/c25-16-18-5-4-8-20(15-18)24(29)27-13-14-30-22(17-26-11-9-21(28)10-12-26)23(27)19-6-2-1-3-7-19;;/h1-8,15,21-23,28H,9-14,16-17,25H2;2*1H/t22-,23-;;/m0../s1. The Morgan fingerprint density at radius 1 is 1.03 bits per heavy atom. The maximum Gasteiger partial charge on any atom is 0.254 e. The molecule has 2 atom stereocenters. The molecular weight excluding hydrogens is 449 g/mol. The van der Waals surface area contributed by atoms with E-state index in [1.807, 2.05) is 47.4 Å². The van der Waals surface area contributed by atoms with Crippen LogP contribution in [0.2, 0.25) is 0 Å². The van der Waals surface area contributed by atoms with Crippen LogP contribution in [0, 0.1) is 0 Å². The van der Waals surface area contributed by atoms with Crippen LogP contribution in [-0.2, 0) is 11.3 Å². The molecule has 3 N–H and O–H groups in total. The first-order chi connectivity index (χ1) is 14.7. The van der Waals surface area contributed by atoms with E-state index in [0.717, 1.165) is 43.6 Å². The van der Waals surface area contributed by atoms with Gasteiger partial charge in [0.15, 0.2) is 0 Å². The van der Waals surface area contributed by atoms with E-state index in [0.29, 0.717) is 25.3 Å². The van der Waals surface area contributed by atoms with Crippen molar-refractivity contribution in [2.75, 3.05) is 32.8 Å². The third-order valence-corrected chi connectivity index (χ3v) is 6.16. The predicted molar refractivity (Wildman–Crippen MR) is 130 cm³/mol. The Balaban J connectivity index is 0.00000181. The minimum atomic E-state index is -0.202. The number of nitrogens with zero attached hydrogens (tertiary/aromatic N) is 2. The number of morpholine rings is 1. The lowest BCUT2D eigenvalue weighted by atomic mass is 9.95. The number of aliphatic hydroxyl groups is 1. The third kappa shape index (κ3) is 6.22. The van der Waals surface area contributed by atoms with Crippen molar-refractivity contribution in [2.24, 2.45) is 5.73 Å². The highest BCUT2D eigenvalue weighted by Gasteiger charge is 2.38. The van der Waals surface area contributed by atoms with Gasteiger partial charge in [-0.25, -0.2) is 0 Å². The lowest BCUT2D eigenvalue weighted by Crippen LogP contribution is -2.52. The molecule has 0 saturated carbocycles. The minimum absolute atomic E-state index is 0. The molecule has 32 heavy (non-hydrogen) atoms. The number of amides is 1. The summed E-state index contributed by atoms with van der Waals surface area (Å²) in [5.74, 6) is 0.0153. The fourth-order valence-electron chi connectivity index (χ4n) is 4.51. The lowest BCUT2D eigenvalue weighted by Gasteiger charge is -2.44. The molecule has 2 aliphatic heterocycles. The lowest BCUT2D eigenvalue weighted by molar-refractivity contribution is -0.0770. The minimum Gasteiger partial charge on any atom is -0.393 e. The maximum atomic E-state index is 13.5. The molecule has 176 valence electrons. The van der Waals surface area contributed by atoms with Crippen LogP contribution in [0.15, 0.2) is 54.6 Å². The van der Waals surface area contributed by atoms with E-state index in [1.54, 1.807) is 0 Å². The van der Waals surface area contributed by atoms with E-state index in [4.69, 9.17) is 10.5 Å². The average molecular weight is 482 g/mol. The van der Waals surface area contributed by atoms with Crippen LogP contribution >= 0.6 is 24.8 Å². The highest BCUT2D eigenvalue weighted by molar-refractivity contribution is 5.94. The fraction of sp³-hybridized carbons (Fsp3) is 0.458. The number of likely N-dealkylation sites (tertiary alicyclic amines) is 1. The van der Waals surface area contributed by atoms with E-state index in [2.05, 4.69) is 17.0 Å².